The molecular formula is C17H18N8O. The SMILES string of the molecule is Cn1cnc2c(N3CCC(Oc4ccn5nccc5n4)CC3)ncnc21. The van der Waals surface area contributed by atoms with E-state index in [1.165, 1.54) is 0 Å². The van der Waals surface area contributed by atoms with Crippen LogP contribution in [0.4, 0.5) is 5.82 Å². The molecule has 0 unspecified atom stereocenters. The first-order chi connectivity index (χ1) is 12.8. The average Bonchev–Trinajstić information content (AvgIpc) is 3.29. The van der Waals surface area contributed by atoms with Crippen molar-refractivity contribution >= 4 is 22.6 Å². The molecule has 0 bridgehead atoms. The van der Waals surface area contributed by atoms with Gasteiger partial charge in [0, 0.05) is 51.3 Å². The summed E-state index contributed by atoms with van der Waals surface area (Å²) in [4.78, 5) is 20.0. The van der Waals surface area contributed by atoms with Crippen LogP contribution in [0.15, 0.2) is 37.2 Å². The predicted molar refractivity (Wildman–Crippen MR) is 95.2 cm³/mol. The van der Waals surface area contributed by atoms with Gasteiger partial charge in [0.15, 0.2) is 22.6 Å². The number of hydrogen-bond acceptors (Lipinski definition) is 7. The standard InChI is InChI=1S/C17H18N8O/c1-23-11-20-15-16(23)18-10-19-17(15)24-7-3-12(4-8-24)26-14-5-9-25-13(22-14)2-6-21-25/h2,5-6,9-12H,3-4,7-8H2,1H3. The van der Waals surface area contributed by atoms with Gasteiger partial charge in [-0.05, 0) is 0 Å². The van der Waals surface area contributed by atoms with Crippen LogP contribution in [0.2, 0.25) is 0 Å². The second-order valence-electron chi connectivity index (χ2n) is 6.43. The molecule has 9 nitrogen and oxygen atoms in total. The Kier molecular flexibility index (Phi) is 3.44. The van der Waals surface area contributed by atoms with Crippen molar-refractivity contribution in [2.45, 2.75) is 18.9 Å². The van der Waals surface area contributed by atoms with Crippen LogP contribution in [-0.2, 0) is 7.05 Å². The second kappa shape index (κ2) is 5.94. The Morgan fingerprint density at radius 1 is 1.12 bits per heavy atom. The third kappa shape index (κ3) is 2.52. The highest BCUT2D eigenvalue weighted by atomic mass is 16.5. The first kappa shape index (κ1) is 15.1. The lowest BCUT2D eigenvalue weighted by Crippen LogP contribution is -2.39. The zero-order valence-corrected chi connectivity index (χ0v) is 14.4. The normalized spacial score (nSPS) is 15.8. The van der Waals surface area contributed by atoms with Crippen molar-refractivity contribution in [3.05, 3.63) is 37.2 Å². The summed E-state index contributed by atoms with van der Waals surface area (Å²) in [5.74, 6) is 1.54. The van der Waals surface area contributed by atoms with Crippen molar-refractivity contribution in [3.8, 4) is 5.88 Å². The quantitative estimate of drug-likeness (QED) is 0.553. The van der Waals surface area contributed by atoms with Gasteiger partial charge in [-0.1, -0.05) is 0 Å². The van der Waals surface area contributed by atoms with E-state index in [1.807, 2.05) is 29.9 Å². The first-order valence-corrected chi connectivity index (χ1v) is 8.62. The van der Waals surface area contributed by atoms with Gasteiger partial charge >= 0.3 is 0 Å². The molecule has 1 fully saturated rings. The summed E-state index contributed by atoms with van der Waals surface area (Å²) in [5, 5.41) is 4.15. The summed E-state index contributed by atoms with van der Waals surface area (Å²) in [6.45, 7) is 1.73. The second-order valence-corrected chi connectivity index (χ2v) is 6.43. The van der Waals surface area contributed by atoms with Crippen molar-refractivity contribution in [1.82, 2.24) is 34.1 Å². The third-order valence-corrected chi connectivity index (χ3v) is 4.74. The van der Waals surface area contributed by atoms with Gasteiger partial charge in [-0.3, -0.25) is 0 Å². The zero-order valence-electron chi connectivity index (χ0n) is 14.4. The Balaban J connectivity index is 1.29. The molecule has 4 aromatic heterocycles. The van der Waals surface area contributed by atoms with Crippen LogP contribution in [-0.4, -0.2) is 53.3 Å². The summed E-state index contributed by atoms with van der Waals surface area (Å²) in [6.07, 6.45) is 8.93. The minimum absolute atomic E-state index is 0.144. The molecule has 0 spiro atoms. The highest BCUT2D eigenvalue weighted by Gasteiger charge is 2.24. The first-order valence-electron chi connectivity index (χ1n) is 8.62. The lowest BCUT2D eigenvalue weighted by Gasteiger charge is -2.32. The molecule has 9 heteroatoms. The molecule has 0 N–H and O–H groups in total. The summed E-state index contributed by atoms with van der Waals surface area (Å²) in [6, 6.07) is 3.72. The highest BCUT2D eigenvalue weighted by Crippen LogP contribution is 2.25. The van der Waals surface area contributed by atoms with E-state index in [2.05, 4.69) is 29.9 Å². The highest BCUT2D eigenvalue weighted by molar-refractivity contribution is 5.83. The fourth-order valence-corrected chi connectivity index (χ4v) is 3.38. The molecule has 0 amide bonds. The molecule has 1 aliphatic rings. The van der Waals surface area contributed by atoms with E-state index in [0.717, 1.165) is 48.6 Å². The Morgan fingerprint density at radius 2 is 2.00 bits per heavy atom. The monoisotopic (exact) mass is 350 g/mol. The van der Waals surface area contributed by atoms with Crippen LogP contribution in [0, 0.1) is 0 Å². The smallest absolute Gasteiger partial charge is 0.217 e. The van der Waals surface area contributed by atoms with Crippen molar-refractivity contribution in [2.24, 2.45) is 7.05 Å². The summed E-state index contributed by atoms with van der Waals surface area (Å²) in [7, 11) is 1.94. The van der Waals surface area contributed by atoms with Gasteiger partial charge in [0.2, 0.25) is 5.88 Å². The van der Waals surface area contributed by atoms with E-state index in [0.29, 0.717) is 5.88 Å². The van der Waals surface area contributed by atoms with Gasteiger partial charge in [0.05, 0.1) is 12.5 Å². The molecule has 0 aromatic carbocycles. The maximum absolute atomic E-state index is 6.08. The Hall–Kier alpha value is -3.23. The molecule has 1 saturated heterocycles. The molecule has 4 aromatic rings. The maximum atomic E-state index is 6.08. The average molecular weight is 350 g/mol. The maximum Gasteiger partial charge on any atom is 0.217 e. The van der Waals surface area contributed by atoms with Gasteiger partial charge in [-0.2, -0.15) is 10.1 Å². The molecule has 0 radical (unpaired) electrons. The molecule has 132 valence electrons. The van der Waals surface area contributed by atoms with Crippen LogP contribution < -0.4 is 9.64 Å². The number of rotatable bonds is 3. The Morgan fingerprint density at radius 3 is 2.88 bits per heavy atom. The lowest BCUT2D eigenvalue weighted by molar-refractivity contribution is 0.164. The third-order valence-electron chi connectivity index (χ3n) is 4.74. The van der Waals surface area contributed by atoms with Crippen molar-refractivity contribution < 1.29 is 4.74 Å². The molecule has 5 rings (SSSR count). The lowest BCUT2D eigenvalue weighted by atomic mass is 10.1. The summed E-state index contributed by atoms with van der Waals surface area (Å²) >= 11 is 0. The molecule has 0 atom stereocenters. The van der Waals surface area contributed by atoms with Gasteiger partial charge in [0.25, 0.3) is 0 Å². The van der Waals surface area contributed by atoms with Crippen molar-refractivity contribution in [2.75, 3.05) is 18.0 Å². The fraction of sp³-hybridized carbons (Fsp3) is 0.353. The number of aromatic nitrogens is 7. The number of imidazole rings is 1. The summed E-state index contributed by atoms with van der Waals surface area (Å²) in [5.41, 5.74) is 2.49. The van der Waals surface area contributed by atoms with Gasteiger partial charge in [0.1, 0.15) is 12.4 Å². The zero-order chi connectivity index (χ0) is 17.5. The van der Waals surface area contributed by atoms with E-state index in [1.54, 1.807) is 23.4 Å². The van der Waals surface area contributed by atoms with E-state index >= 15 is 0 Å². The number of aryl methyl sites for hydroxylation is 1. The van der Waals surface area contributed by atoms with Gasteiger partial charge < -0.3 is 14.2 Å². The van der Waals surface area contributed by atoms with E-state index < -0.39 is 0 Å². The van der Waals surface area contributed by atoms with E-state index in [4.69, 9.17) is 4.74 Å². The van der Waals surface area contributed by atoms with Crippen LogP contribution in [0.3, 0.4) is 0 Å². The van der Waals surface area contributed by atoms with E-state index in [9.17, 15) is 0 Å². The Labute approximate surface area is 149 Å². The molecule has 0 aliphatic carbocycles. The number of hydrogen-bond donors (Lipinski definition) is 0. The van der Waals surface area contributed by atoms with Gasteiger partial charge in [-0.25, -0.2) is 19.5 Å². The van der Waals surface area contributed by atoms with Crippen molar-refractivity contribution in [1.29, 1.82) is 0 Å². The number of fused-ring (bicyclic) bond motifs is 2. The minimum atomic E-state index is 0.144. The number of anilines is 1. The number of nitrogens with zero attached hydrogens (tertiary/aromatic N) is 8. The molecule has 1 aliphatic heterocycles. The van der Waals surface area contributed by atoms with Crippen LogP contribution in [0.25, 0.3) is 16.8 Å². The topological polar surface area (TPSA) is 86.3 Å². The Bertz CT molecular complexity index is 1060. The minimum Gasteiger partial charge on any atom is -0.474 e. The van der Waals surface area contributed by atoms with E-state index in [-0.39, 0.29) is 6.10 Å². The molecular weight excluding hydrogens is 332 g/mol. The molecule has 26 heavy (non-hydrogen) atoms. The number of ether oxygens (including phenoxy) is 1. The van der Waals surface area contributed by atoms with Crippen molar-refractivity contribution in [3.63, 3.8) is 0 Å². The largest absolute Gasteiger partial charge is 0.474 e. The van der Waals surface area contributed by atoms with Crippen LogP contribution >= 0.6 is 0 Å². The van der Waals surface area contributed by atoms with Gasteiger partial charge in [-0.15, -0.1) is 0 Å². The number of piperidine rings is 1. The van der Waals surface area contributed by atoms with Crippen LogP contribution in [0.5, 0.6) is 5.88 Å². The molecule has 5 heterocycles. The summed E-state index contributed by atoms with van der Waals surface area (Å²) < 4.78 is 9.71. The molecule has 0 saturated carbocycles. The predicted octanol–water partition coefficient (Wildman–Crippen LogP) is 1.45. The fourth-order valence-electron chi connectivity index (χ4n) is 3.38. The van der Waals surface area contributed by atoms with Crippen LogP contribution in [0.1, 0.15) is 12.8 Å².